The monoisotopic (exact) mass is 1040 g/mol. The van der Waals surface area contributed by atoms with Crippen LogP contribution in [0.15, 0.2) is 97.2 Å². The predicted molar refractivity (Wildman–Crippen MR) is 325 cm³/mol. The summed E-state index contributed by atoms with van der Waals surface area (Å²) in [6.07, 6.45) is 84.2. The van der Waals surface area contributed by atoms with Crippen molar-refractivity contribution in [2.45, 2.75) is 309 Å². The molecule has 0 N–H and O–H groups in total. The van der Waals surface area contributed by atoms with Crippen LogP contribution in [0.1, 0.15) is 303 Å². The predicted octanol–water partition coefficient (Wildman–Crippen LogP) is 21.7. The summed E-state index contributed by atoms with van der Waals surface area (Å²) >= 11 is 0. The summed E-state index contributed by atoms with van der Waals surface area (Å²) in [6, 6.07) is 0. The third-order valence-electron chi connectivity index (χ3n) is 13.5. The summed E-state index contributed by atoms with van der Waals surface area (Å²) in [7, 11) is 0. The molecular formula is C69H118O6. The Morgan fingerprint density at radius 2 is 0.533 bits per heavy atom. The summed E-state index contributed by atoms with van der Waals surface area (Å²) in [5.74, 6) is -0.901. The number of ether oxygens (including phenoxy) is 3. The molecule has 1 unspecified atom stereocenters. The maximum atomic E-state index is 12.9. The van der Waals surface area contributed by atoms with E-state index in [1.165, 1.54) is 141 Å². The molecule has 6 nitrogen and oxygen atoms in total. The van der Waals surface area contributed by atoms with Gasteiger partial charge in [-0.3, -0.25) is 14.4 Å². The van der Waals surface area contributed by atoms with Crippen molar-refractivity contribution in [1.29, 1.82) is 0 Å². The van der Waals surface area contributed by atoms with Crippen LogP contribution in [0, 0.1) is 0 Å². The van der Waals surface area contributed by atoms with Crippen LogP contribution in [0.2, 0.25) is 0 Å². The van der Waals surface area contributed by atoms with E-state index in [0.717, 1.165) is 122 Å². The average molecular weight is 1040 g/mol. The summed E-state index contributed by atoms with van der Waals surface area (Å²) < 4.78 is 16.9. The van der Waals surface area contributed by atoms with Crippen molar-refractivity contribution >= 4 is 17.9 Å². The van der Waals surface area contributed by atoms with Crippen LogP contribution in [0.25, 0.3) is 0 Å². The van der Waals surface area contributed by atoms with Gasteiger partial charge in [0, 0.05) is 19.3 Å². The molecular weight excluding hydrogens is 925 g/mol. The number of carbonyl (C=O) groups is 3. The van der Waals surface area contributed by atoms with Gasteiger partial charge in [-0.1, -0.05) is 266 Å². The lowest BCUT2D eigenvalue weighted by Gasteiger charge is -2.18. The summed E-state index contributed by atoms with van der Waals surface area (Å²) in [5.41, 5.74) is 0. The second-order valence-electron chi connectivity index (χ2n) is 20.9. The van der Waals surface area contributed by atoms with Crippen LogP contribution in [0.5, 0.6) is 0 Å². The number of hydrogen-bond donors (Lipinski definition) is 0. The van der Waals surface area contributed by atoms with Gasteiger partial charge in [-0.2, -0.15) is 0 Å². The van der Waals surface area contributed by atoms with Gasteiger partial charge in [0.2, 0.25) is 0 Å². The number of allylic oxidation sites excluding steroid dienone is 16. The molecule has 0 aliphatic carbocycles. The van der Waals surface area contributed by atoms with Gasteiger partial charge in [0.25, 0.3) is 0 Å². The average Bonchev–Trinajstić information content (AvgIpc) is 3.41. The van der Waals surface area contributed by atoms with Crippen LogP contribution in [-0.4, -0.2) is 37.2 Å². The lowest BCUT2D eigenvalue weighted by atomic mass is 10.0. The van der Waals surface area contributed by atoms with E-state index in [1.807, 2.05) is 0 Å². The Morgan fingerprint density at radius 3 is 0.867 bits per heavy atom. The minimum atomic E-state index is -0.787. The Kier molecular flexibility index (Phi) is 59.8. The van der Waals surface area contributed by atoms with Gasteiger partial charge in [0.15, 0.2) is 6.10 Å². The first-order valence-corrected chi connectivity index (χ1v) is 31.7. The van der Waals surface area contributed by atoms with Gasteiger partial charge >= 0.3 is 17.9 Å². The number of rotatable bonds is 57. The van der Waals surface area contributed by atoms with Crippen LogP contribution in [0.4, 0.5) is 0 Å². The molecule has 0 radical (unpaired) electrons. The van der Waals surface area contributed by atoms with E-state index in [1.54, 1.807) is 0 Å². The van der Waals surface area contributed by atoms with E-state index in [9.17, 15) is 14.4 Å². The molecule has 0 aromatic carbocycles. The molecule has 0 saturated heterocycles. The molecule has 0 rings (SSSR count). The van der Waals surface area contributed by atoms with Crippen molar-refractivity contribution < 1.29 is 28.6 Å². The van der Waals surface area contributed by atoms with E-state index < -0.39 is 6.10 Å². The second kappa shape index (κ2) is 62.9. The lowest BCUT2D eigenvalue weighted by molar-refractivity contribution is -0.167. The highest BCUT2D eigenvalue weighted by Crippen LogP contribution is 2.16. The normalized spacial score (nSPS) is 12.7. The van der Waals surface area contributed by atoms with E-state index in [-0.39, 0.29) is 31.1 Å². The van der Waals surface area contributed by atoms with Gasteiger partial charge < -0.3 is 14.2 Å². The zero-order valence-electron chi connectivity index (χ0n) is 49.3. The molecule has 0 bridgehead atoms. The van der Waals surface area contributed by atoms with Gasteiger partial charge in [-0.25, -0.2) is 0 Å². The Bertz CT molecular complexity index is 1480. The van der Waals surface area contributed by atoms with E-state index in [4.69, 9.17) is 14.2 Å². The molecule has 0 aliphatic rings. The Balaban J connectivity index is 4.17. The molecule has 0 spiro atoms. The molecule has 0 amide bonds. The molecule has 0 heterocycles. The van der Waals surface area contributed by atoms with Crippen molar-refractivity contribution in [3.63, 3.8) is 0 Å². The molecule has 0 fully saturated rings. The number of esters is 3. The Labute approximate surface area is 464 Å². The fourth-order valence-electron chi connectivity index (χ4n) is 8.78. The molecule has 0 aromatic heterocycles. The maximum Gasteiger partial charge on any atom is 0.306 e. The van der Waals surface area contributed by atoms with Crippen molar-refractivity contribution in [2.75, 3.05) is 13.2 Å². The Hall–Kier alpha value is -3.67. The van der Waals surface area contributed by atoms with Crippen molar-refractivity contribution in [3.8, 4) is 0 Å². The van der Waals surface area contributed by atoms with Crippen LogP contribution in [0.3, 0.4) is 0 Å². The SMILES string of the molecule is CC/C=C\C/C=C\C/C=C\C/C=C\C/C=C\CCCCCCCCCCCCCCCCCC(=O)OCC(COC(=O)CCCCCCC/C=C\CCCC)OC(=O)CCCCCCC/C=C\C/C=C\CCCCC. The number of carbonyl (C=O) groups excluding carboxylic acids is 3. The molecule has 75 heavy (non-hydrogen) atoms. The third-order valence-corrected chi connectivity index (χ3v) is 13.5. The first-order chi connectivity index (χ1) is 37.0. The van der Waals surface area contributed by atoms with E-state index >= 15 is 0 Å². The largest absolute Gasteiger partial charge is 0.462 e. The molecule has 430 valence electrons. The van der Waals surface area contributed by atoms with E-state index in [2.05, 4.69) is 118 Å². The minimum Gasteiger partial charge on any atom is -0.462 e. The fraction of sp³-hybridized carbons (Fsp3) is 0.725. The Morgan fingerprint density at radius 1 is 0.280 bits per heavy atom. The second-order valence-corrected chi connectivity index (χ2v) is 20.9. The quantitative estimate of drug-likeness (QED) is 0.0261. The smallest absolute Gasteiger partial charge is 0.306 e. The van der Waals surface area contributed by atoms with Crippen LogP contribution >= 0.6 is 0 Å². The van der Waals surface area contributed by atoms with Crippen molar-refractivity contribution in [2.24, 2.45) is 0 Å². The van der Waals surface area contributed by atoms with Gasteiger partial charge in [0.1, 0.15) is 13.2 Å². The van der Waals surface area contributed by atoms with Crippen molar-refractivity contribution in [1.82, 2.24) is 0 Å². The first-order valence-electron chi connectivity index (χ1n) is 31.7. The fourth-order valence-corrected chi connectivity index (χ4v) is 8.78. The highest BCUT2D eigenvalue weighted by Gasteiger charge is 2.19. The standard InChI is InChI=1S/C69H118O6/c1-4-7-10-13-16-19-22-24-26-27-28-29-30-31-32-33-34-35-36-37-38-39-40-41-43-44-47-50-53-56-59-62-68(71)74-65-66(64-73-67(70)61-58-55-52-49-46-21-18-15-12-9-6-3)75-69(72)63-60-57-54-51-48-45-42-25-23-20-17-14-11-8-5-2/h7,10,15-20,24-26,28-29,31-32,42,66H,4-6,8-9,11-14,21-23,27,30,33-41,43-65H2,1-3H3/b10-7-,18-15-,19-16-,20-17-,26-24-,29-28-,32-31-,42-25-. The molecule has 0 saturated carbocycles. The first kappa shape index (κ1) is 71.3. The zero-order chi connectivity index (χ0) is 54.3. The highest BCUT2D eigenvalue weighted by molar-refractivity contribution is 5.71. The van der Waals surface area contributed by atoms with Crippen molar-refractivity contribution in [3.05, 3.63) is 97.2 Å². The highest BCUT2D eigenvalue weighted by atomic mass is 16.6. The number of hydrogen-bond acceptors (Lipinski definition) is 6. The third kappa shape index (κ3) is 61.1. The van der Waals surface area contributed by atoms with Gasteiger partial charge in [-0.15, -0.1) is 0 Å². The number of unbranched alkanes of at least 4 members (excludes halogenated alkanes) is 30. The molecule has 0 aromatic rings. The van der Waals surface area contributed by atoms with E-state index in [0.29, 0.717) is 19.3 Å². The molecule has 6 heteroatoms. The lowest BCUT2D eigenvalue weighted by Crippen LogP contribution is -2.30. The minimum absolute atomic E-state index is 0.0840. The van der Waals surface area contributed by atoms with Crippen LogP contribution < -0.4 is 0 Å². The zero-order valence-corrected chi connectivity index (χ0v) is 49.3. The van der Waals surface area contributed by atoms with Gasteiger partial charge in [0.05, 0.1) is 0 Å². The molecule has 0 aliphatic heterocycles. The van der Waals surface area contributed by atoms with Crippen LogP contribution in [-0.2, 0) is 28.6 Å². The summed E-state index contributed by atoms with van der Waals surface area (Å²) in [6.45, 7) is 6.46. The summed E-state index contributed by atoms with van der Waals surface area (Å²) in [5, 5.41) is 0. The maximum absolute atomic E-state index is 12.9. The van der Waals surface area contributed by atoms with Gasteiger partial charge in [-0.05, 0) is 116 Å². The topological polar surface area (TPSA) is 78.9 Å². The molecule has 1 atom stereocenters. The summed E-state index contributed by atoms with van der Waals surface area (Å²) in [4.78, 5) is 38.2.